The summed E-state index contributed by atoms with van der Waals surface area (Å²) in [6.07, 6.45) is 0. The molecule has 0 heterocycles. The Bertz CT molecular complexity index is 619. The van der Waals surface area contributed by atoms with E-state index in [0.717, 1.165) is 5.56 Å². The Labute approximate surface area is 128 Å². The molecule has 0 unspecified atom stereocenters. The van der Waals surface area contributed by atoms with Crippen molar-refractivity contribution in [2.24, 2.45) is 5.73 Å². The van der Waals surface area contributed by atoms with E-state index in [0.29, 0.717) is 35.2 Å². The summed E-state index contributed by atoms with van der Waals surface area (Å²) in [5.41, 5.74) is 7.12. The Hall–Kier alpha value is -1.78. The molecule has 0 aliphatic heterocycles. The minimum Gasteiger partial charge on any atom is -0.490 e. The van der Waals surface area contributed by atoms with Crippen LogP contribution in [-0.2, 0) is 13.2 Å². The van der Waals surface area contributed by atoms with E-state index in [-0.39, 0.29) is 12.4 Å². The summed E-state index contributed by atoms with van der Waals surface area (Å²) in [6, 6.07) is 9.71. The van der Waals surface area contributed by atoms with Gasteiger partial charge in [-0.3, -0.25) is 0 Å². The maximum absolute atomic E-state index is 13.3. The number of rotatable bonds is 6. The number of nitrogens with two attached hydrogens (primary N) is 1. The minimum absolute atomic E-state index is 0.147. The van der Waals surface area contributed by atoms with Gasteiger partial charge in [-0.15, -0.1) is 0 Å². The smallest absolute Gasteiger partial charge is 0.166 e. The molecule has 2 aromatic rings. The molecule has 2 aromatic carbocycles. The van der Waals surface area contributed by atoms with Gasteiger partial charge in [0, 0.05) is 22.7 Å². The van der Waals surface area contributed by atoms with E-state index in [2.05, 4.69) is 0 Å². The van der Waals surface area contributed by atoms with Gasteiger partial charge in [-0.05, 0) is 31.2 Å². The van der Waals surface area contributed by atoms with Crippen LogP contribution in [0.25, 0.3) is 0 Å². The first-order chi connectivity index (χ1) is 10.2. The molecule has 0 bridgehead atoms. The topological polar surface area (TPSA) is 44.5 Å². The van der Waals surface area contributed by atoms with E-state index < -0.39 is 0 Å². The number of benzene rings is 2. The first-order valence-electron chi connectivity index (χ1n) is 6.67. The summed E-state index contributed by atoms with van der Waals surface area (Å²) in [5.74, 6) is 0.838. The van der Waals surface area contributed by atoms with Crippen LogP contribution in [0.1, 0.15) is 18.1 Å². The number of para-hydroxylation sites is 1. The highest BCUT2D eigenvalue weighted by atomic mass is 35.5. The largest absolute Gasteiger partial charge is 0.490 e. The summed E-state index contributed by atoms with van der Waals surface area (Å²) in [7, 11) is 0. The van der Waals surface area contributed by atoms with Crippen molar-refractivity contribution in [2.45, 2.75) is 20.1 Å². The number of halogens is 2. The monoisotopic (exact) mass is 309 g/mol. The molecule has 21 heavy (non-hydrogen) atoms. The summed E-state index contributed by atoms with van der Waals surface area (Å²) < 4.78 is 24.6. The maximum Gasteiger partial charge on any atom is 0.166 e. The van der Waals surface area contributed by atoms with Crippen LogP contribution in [0.3, 0.4) is 0 Å². The third-order valence-corrected chi connectivity index (χ3v) is 3.33. The zero-order chi connectivity index (χ0) is 15.2. The average Bonchev–Trinajstić information content (AvgIpc) is 2.49. The second-order valence-corrected chi connectivity index (χ2v) is 4.81. The van der Waals surface area contributed by atoms with Gasteiger partial charge in [-0.25, -0.2) is 4.39 Å². The summed E-state index contributed by atoms with van der Waals surface area (Å²) >= 11 is 6.03. The van der Waals surface area contributed by atoms with Gasteiger partial charge < -0.3 is 15.2 Å². The fourth-order valence-electron chi connectivity index (χ4n) is 1.96. The summed E-state index contributed by atoms with van der Waals surface area (Å²) in [5, 5.41) is 0.458. The lowest BCUT2D eigenvalue weighted by Gasteiger charge is -2.15. The molecule has 112 valence electrons. The molecule has 0 saturated heterocycles. The highest BCUT2D eigenvalue weighted by Gasteiger charge is 2.11. The molecule has 0 saturated carbocycles. The van der Waals surface area contributed by atoms with Crippen molar-refractivity contribution in [3.8, 4) is 11.5 Å². The van der Waals surface area contributed by atoms with Gasteiger partial charge >= 0.3 is 0 Å². The van der Waals surface area contributed by atoms with Gasteiger partial charge in [0.25, 0.3) is 0 Å². The first-order valence-corrected chi connectivity index (χ1v) is 7.05. The van der Waals surface area contributed by atoms with Crippen LogP contribution in [0, 0.1) is 5.82 Å². The lowest BCUT2D eigenvalue weighted by Crippen LogP contribution is -2.06. The van der Waals surface area contributed by atoms with Crippen LogP contribution < -0.4 is 15.2 Å². The van der Waals surface area contributed by atoms with Crippen molar-refractivity contribution in [1.29, 1.82) is 0 Å². The molecule has 0 atom stereocenters. The third kappa shape index (κ3) is 3.86. The fraction of sp³-hybridized carbons (Fsp3) is 0.250. The zero-order valence-corrected chi connectivity index (χ0v) is 12.5. The molecule has 2 rings (SSSR count). The van der Waals surface area contributed by atoms with E-state index >= 15 is 0 Å². The highest BCUT2D eigenvalue weighted by Crippen LogP contribution is 2.32. The Morgan fingerprint density at radius 2 is 1.95 bits per heavy atom. The molecule has 0 spiro atoms. The molecule has 3 nitrogen and oxygen atoms in total. The lowest BCUT2D eigenvalue weighted by molar-refractivity contribution is 0.266. The van der Waals surface area contributed by atoms with Crippen molar-refractivity contribution in [2.75, 3.05) is 6.61 Å². The van der Waals surface area contributed by atoms with Crippen molar-refractivity contribution >= 4 is 11.6 Å². The molecule has 0 aliphatic carbocycles. The highest BCUT2D eigenvalue weighted by molar-refractivity contribution is 6.31. The maximum atomic E-state index is 13.3. The molecule has 2 N–H and O–H groups in total. The predicted octanol–water partition coefficient (Wildman–Crippen LogP) is 3.92. The van der Waals surface area contributed by atoms with Gasteiger partial charge in [0.05, 0.1) is 6.61 Å². The second kappa shape index (κ2) is 7.29. The Kier molecular flexibility index (Phi) is 5.42. The van der Waals surface area contributed by atoms with Crippen LogP contribution in [0.2, 0.25) is 5.02 Å². The molecule has 5 heteroatoms. The summed E-state index contributed by atoms with van der Waals surface area (Å²) in [6.45, 7) is 2.88. The quantitative estimate of drug-likeness (QED) is 0.879. The lowest BCUT2D eigenvalue weighted by atomic mass is 10.2. The van der Waals surface area contributed by atoms with Crippen LogP contribution in [0.15, 0.2) is 36.4 Å². The van der Waals surface area contributed by atoms with Crippen molar-refractivity contribution in [3.63, 3.8) is 0 Å². The predicted molar refractivity (Wildman–Crippen MR) is 81.2 cm³/mol. The Morgan fingerprint density at radius 1 is 1.14 bits per heavy atom. The first kappa shape index (κ1) is 15.6. The van der Waals surface area contributed by atoms with Crippen molar-refractivity contribution in [1.82, 2.24) is 0 Å². The van der Waals surface area contributed by atoms with Gasteiger partial charge in [-0.1, -0.05) is 23.7 Å². The van der Waals surface area contributed by atoms with Gasteiger partial charge in [0.15, 0.2) is 11.5 Å². The van der Waals surface area contributed by atoms with E-state index in [1.165, 1.54) is 18.2 Å². The Balaban J connectivity index is 2.24. The molecular weight excluding hydrogens is 293 g/mol. The SMILES string of the molecule is CCOc1cccc(CN)c1OCc1cc(F)ccc1Cl. The van der Waals surface area contributed by atoms with E-state index in [1.807, 2.05) is 25.1 Å². The van der Waals surface area contributed by atoms with Crippen LogP contribution in [0.4, 0.5) is 4.39 Å². The van der Waals surface area contributed by atoms with E-state index in [1.54, 1.807) is 0 Å². The van der Waals surface area contributed by atoms with E-state index in [9.17, 15) is 4.39 Å². The minimum atomic E-state index is -0.352. The van der Waals surface area contributed by atoms with Gasteiger partial charge in [-0.2, -0.15) is 0 Å². The Morgan fingerprint density at radius 3 is 2.67 bits per heavy atom. The van der Waals surface area contributed by atoms with Crippen molar-refractivity contribution in [3.05, 3.63) is 58.4 Å². The normalized spacial score (nSPS) is 10.5. The number of ether oxygens (including phenoxy) is 2. The van der Waals surface area contributed by atoms with Crippen LogP contribution in [-0.4, -0.2) is 6.61 Å². The van der Waals surface area contributed by atoms with E-state index in [4.69, 9.17) is 26.8 Å². The molecule has 0 amide bonds. The van der Waals surface area contributed by atoms with Crippen molar-refractivity contribution < 1.29 is 13.9 Å². The number of hydrogen-bond donors (Lipinski definition) is 1. The van der Waals surface area contributed by atoms with Gasteiger partial charge in [0.2, 0.25) is 0 Å². The average molecular weight is 310 g/mol. The second-order valence-electron chi connectivity index (χ2n) is 4.41. The fourth-order valence-corrected chi connectivity index (χ4v) is 2.13. The third-order valence-electron chi connectivity index (χ3n) is 2.96. The molecule has 0 aromatic heterocycles. The summed E-state index contributed by atoms with van der Waals surface area (Å²) in [4.78, 5) is 0. The molecular formula is C16H17ClFNO2. The van der Waals surface area contributed by atoms with Gasteiger partial charge in [0.1, 0.15) is 12.4 Å². The van der Waals surface area contributed by atoms with Crippen LogP contribution in [0.5, 0.6) is 11.5 Å². The molecule has 0 fully saturated rings. The molecule has 0 aliphatic rings. The molecule has 0 radical (unpaired) electrons. The standard InChI is InChI=1S/C16H17ClFNO2/c1-2-20-15-5-3-4-11(9-19)16(15)21-10-12-8-13(18)6-7-14(12)17/h3-8H,2,9-10,19H2,1H3. The zero-order valence-electron chi connectivity index (χ0n) is 11.7. The number of hydrogen-bond acceptors (Lipinski definition) is 3. The van der Waals surface area contributed by atoms with Crippen LogP contribution >= 0.6 is 11.6 Å².